The van der Waals surface area contributed by atoms with Gasteiger partial charge in [0.25, 0.3) is 0 Å². The zero-order valence-electron chi connectivity index (χ0n) is 28.6. The Morgan fingerprint density at radius 2 is 1.59 bits per heavy atom. The van der Waals surface area contributed by atoms with Crippen molar-refractivity contribution >= 4 is 5.97 Å². The molecule has 5 aliphatic carbocycles. The summed E-state index contributed by atoms with van der Waals surface area (Å²) in [5.74, 6) is -0.787. The molecule has 262 valence electrons. The first-order valence-corrected chi connectivity index (χ1v) is 17.5. The number of fused-ring (bicyclic) bond motifs is 7. The molecule has 10 heteroatoms. The number of hydrogen-bond acceptors (Lipinski definition) is 10. The molecule has 5 fully saturated rings. The number of rotatable bonds is 3. The second-order valence-electron chi connectivity index (χ2n) is 17.7. The first-order chi connectivity index (χ1) is 21.2. The van der Waals surface area contributed by atoms with Gasteiger partial charge in [-0.05, 0) is 97.7 Å². The van der Waals surface area contributed by atoms with E-state index in [9.17, 15) is 40.5 Å². The van der Waals surface area contributed by atoms with Crippen LogP contribution in [0.4, 0.5) is 0 Å². The number of carbonyl (C=O) groups is 1. The molecule has 1 saturated heterocycles. The lowest BCUT2D eigenvalue weighted by molar-refractivity contribution is -0.299. The third-order valence-electron chi connectivity index (χ3n) is 15.5. The predicted octanol–water partition coefficient (Wildman–Crippen LogP) is 2.43. The second-order valence-corrected chi connectivity index (χ2v) is 17.7. The van der Waals surface area contributed by atoms with Gasteiger partial charge in [-0.2, -0.15) is 0 Å². The number of hydrogen-bond donors (Lipinski definition) is 7. The topological polar surface area (TPSA) is 177 Å². The maximum atomic E-state index is 14.5. The zero-order chi connectivity index (χ0) is 34.0. The predicted molar refractivity (Wildman–Crippen MR) is 168 cm³/mol. The van der Waals surface area contributed by atoms with Gasteiger partial charge in [0.2, 0.25) is 6.29 Å². The maximum Gasteiger partial charge on any atom is 0.315 e. The summed E-state index contributed by atoms with van der Waals surface area (Å²) in [4.78, 5) is 14.5. The van der Waals surface area contributed by atoms with Gasteiger partial charge < -0.3 is 45.2 Å². The lowest BCUT2D eigenvalue weighted by Gasteiger charge is -2.72. The molecular formula is C36H58O10. The highest BCUT2D eigenvalue weighted by atomic mass is 16.7. The molecule has 7 N–H and O–H groups in total. The summed E-state index contributed by atoms with van der Waals surface area (Å²) >= 11 is 0. The zero-order valence-corrected chi connectivity index (χ0v) is 28.6. The number of esters is 1. The molecule has 46 heavy (non-hydrogen) atoms. The van der Waals surface area contributed by atoms with Crippen molar-refractivity contribution in [3.05, 3.63) is 11.6 Å². The number of carbonyl (C=O) groups excluding carboxylic acids is 1. The van der Waals surface area contributed by atoms with E-state index in [-0.39, 0.29) is 34.0 Å². The highest BCUT2D eigenvalue weighted by Crippen LogP contribution is 2.76. The third kappa shape index (κ3) is 4.39. The monoisotopic (exact) mass is 650 g/mol. The van der Waals surface area contributed by atoms with E-state index >= 15 is 0 Å². The molecule has 1 aliphatic heterocycles. The first-order valence-electron chi connectivity index (χ1n) is 17.5. The van der Waals surface area contributed by atoms with Crippen molar-refractivity contribution in [2.24, 2.45) is 50.7 Å². The lowest BCUT2D eigenvalue weighted by Crippen LogP contribution is -2.69. The molecule has 6 aliphatic rings. The SMILES string of the molecule is CC1CCC2(C(=O)OC3OC(CO)C(O)C(O)C3O)CCC3(C)C(=CCC4C5(C)CC(O)C(O)C(C)(C)C5CCC43C)C2C1(C)O. The van der Waals surface area contributed by atoms with E-state index in [1.807, 2.05) is 13.8 Å². The molecule has 6 rings (SSSR count). The van der Waals surface area contributed by atoms with Crippen LogP contribution in [0.1, 0.15) is 99.8 Å². The van der Waals surface area contributed by atoms with Gasteiger partial charge >= 0.3 is 5.97 Å². The van der Waals surface area contributed by atoms with Crippen LogP contribution in [0.25, 0.3) is 0 Å². The molecule has 0 aromatic rings. The first kappa shape index (κ1) is 34.7. The van der Waals surface area contributed by atoms with E-state index in [0.29, 0.717) is 32.1 Å². The van der Waals surface area contributed by atoms with Crippen LogP contribution in [0.3, 0.4) is 0 Å². The highest BCUT2D eigenvalue weighted by Gasteiger charge is 2.72. The molecule has 1 heterocycles. The molecule has 0 aromatic carbocycles. The molecule has 16 atom stereocenters. The Labute approximate surface area is 273 Å². The molecule has 0 aromatic heterocycles. The quantitative estimate of drug-likeness (QED) is 0.177. The average Bonchev–Trinajstić information content (AvgIpc) is 2.98. The minimum Gasteiger partial charge on any atom is -0.432 e. The average molecular weight is 651 g/mol. The van der Waals surface area contributed by atoms with Gasteiger partial charge in [-0.25, -0.2) is 0 Å². The summed E-state index contributed by atoms with van der Waals surface area (Å²) in [6.45, 7) is 14.4. The molecule has 4 saturated carbocycles. The van der Waals surface area contributed by atoms with Crippen molar-refractivity contribution < 1.29 is 50.0 Å². The summed E-state index contributed by atoms with van der Waals surface area (Å²) in [6, 6.07) is 0. The van der Waals surface area contributed by atoms with Crippen molar-refractivity contribution in [3.8, 4) is 0 Å². The molecule has 0 bridgehead atoms. The van der Waals surface area contributed by atoms with Gasteiger partial charge in [-0.15, -0.1) is 0 Å². The van der Waals surface area contributed by atoms with E-state index in [2.05, 4.69) is 40.7 Å². The van der Waals surface area contributed by atoms with Crippen LogP contribution >= 0.6 is 0 Å². The van der Waals surface area contributed by atoms with Crippen molar-refractivity contribution in [3.63, 3.8) is 0 Å². The Balaban J connectivity index is 1.39. The van der Waals surface area contributed by atoms with Crippen LogP contribution in [0, 0.1) is 50.7 Å². The minimum absolute atomic E-state index is 0.0940. The van der Waals surface area contributed by atoms with Gasteiger partial charge in [-0.3, -0.25) is 4.79 Å². The third-order valence-corrected chi connectivity index (χ3v) is 15.5. The summed E-state index contributed by atoms with van der Waals surface area (Å²) in [5.41, 5.74) is -2.44. The maximum absolute atomic E-state index is 14.5. The lowest BCUT2D eigenvalue weighted by atomic mass is 9.33. The summed E-state index contributed by atoms with van der Waals surface area (Å²) < 4.78 is 11.5. The van der Waals surface area contributed by atoms with Crippen molar-refractivity contribution in [1.29, 1.82) is 0 Å². The van der Waals surface area contributed by atoms with Gasteiger partial charge in [0.05, 0.1) is 29.8 Å². The molecule has 0 spiro atoms. The Kier molecular flexibility index (Phi) is 8.27. The van der Waals surface area contributed by atoms with Gasteiger partial charge in [0, 0.05) is 5.92 Å². The van der Waals surface area contributed by atoms with Crippen molar-refractivity contribution in [2.75, 3.05) is 6.61 Å². The normalized spacial score (nSPS) is 56.4. The van der Waals surface area contributed by atoms with E-state index in [1.54, 1.807) is 0 Å². The Hall–Kier alpha value is -1.11. The van der Waals surface area contributed by atoms with E-state index in [4.69, 9.17) is 9.47 Å². The second kappa shape index (κ2) is 10.9. The molecular weight excluding hydrogens is 592 g/mol. The number of aliphatic hydroxyl groups is 7. The number of ether oxygens (including phenoxy) is 2. The number of aliphatic hydroxyl groups excluding tert-OH is 6. The Morgan fingerprint density at radius 1 is 0.913 bits per heavy atom. The number of allylic oxidation sites excluding steroid dienone is 1. The summed E-state index contributed by atoms with van der Waals surface area (Å²) in [7, 11) is 0. The van der Waals surface area contributed by atoms with Crippen LogP contribution in [0.5, 0.6) is 0 Å². The fourth-order valence-corrected chi connectivity index (χ4v) is 12.4. The van der Waals surface area contributed by atoms with Crippen LogP contribution in [0.2, 0.25) is 0 Å². The fraction of sp³-hybridized carbons (Fsp3) is 0.917. The standard InChI is InChI=1S/C36H58O10/c1-18-10-13-36(30(43)46-29-26(41)25(40)24(39)21(17-37)45-29)15-14-33(5)19(27(36)35(18,7)44)8-9-23-32(4)16-20(38)28(42)31(2,3)22(32)11-12-34(23,33)6/h8,18,20-29,37-42,44H,9-17H2,1-7H3. The molecule has 0 radical (unpaired) electrons. The van der Waals surface area contributed by atoms with E-state index < -0.39 is 77.8 Å². The van der Waals surface area contributed by atoms with Crippen molar-refractivity contribution in [2.45, 2.75) is 148 Å². The smallest absolute Gasteiger partial charge is 0.315 e. The van der Waals surface area contributed by atoms with Gasteiger partial charge in [-0.1, -0.05) is 53.2 Å². The highest BCUT2D eigenvalue weighted by molar-refractivity contribution is 5.79. The van der Waals surface area contributed by atoms with Gasteiger partial charge in [0.15, 0.2) is 0 Å². The molecule has 10 nitrogen and oxygen atoms in total. The van der Waals surface area contributed by atoms with Crippen LogP contribution in [0.15, 0.2) is 11.6 Å². The largest absolute Gasteiger partial charge is 0.432 e. The Bertz CT molecular complexity index is 1250. The summed E-state index contributed by atoms with van der Waals surface area (Å²) in [6.07, 6.45) is -1.65. The van der Waals surface area contributed by atoms with E-state index in [0.717, 1.165) is 24.8 Å². The van der Waals surface area contributed by atoms with Crippen molar-refractivity contribution in [1.82, 2.24) is 0 Å². The summed E-state index contributed by atoms with van der Waals surface area (Å²) in [5, 5.41) is 75.6. The molecule has 16 unspecified atom stereocenters. The fourth-order valence-electron chi connectivity index (χ4n) is 12.4. The van der Waals surface area contributed by atoms with Crippen LogP contribution in [-0.4, -0.2) is 96.8 Å². The van der Waals surface area contributed by atoms with Crippen LogP contribution < -0.4 is 0 Å². The molecule has 0 amide bonds. The van der Waals surface area contributed by atoms with Gasteiger partial charge in [0.1, 0.15) is 24.4 Å². The Morgan fingerprint density at radius 3 is 2.24 bits per heavy atom. The van der Waals surface area contributed by atoms with Crippen LogP contribution in [-0.2, 0) is 14.3 Å². The minimum atomic E-state index is -1.70. The van der Waals surface area contributed by atoms with E-state index in [1.165, 1.54) is 0 Å².